The van der Waals surface area contributed by atoms with Crippen molar-refractivity contribution in [3.05, 3.63) is 34.1 Å². The largest absolute Gasteiger partial charge is 0.543 e. The minimum absolute atomic E-state index is 0.149. The van der Waals surface area contributed by atoms with E-state index in [0.717, 1.165) is 37.3 Å². The highest BCUT2D eigenvalue weighted by molar-refractivity contribution is 8.00. The Balaban J connectivity index is 1.36. The molecule has 5 aliphatic rings. The van der Waals surface area contributed by atoms with E-state index in [4.69, 9.17) is 15.3 Å². The number of thioether (sulfide) groups is 1. The van der Waals surface area contributed by atoms with Gasteiger partial charge in [0.05, 0.1) is 37.4 Å². The van der Waals surface area contributed by atoms with Crippen molar-refractivity contribution < 1.29 is 38.3 Å². The standard InChI is InChI=1S/C23H26N6O7S2/c1-35-22(34)13-8-29(5-3-11(13)4-6-29)7-12-9-37-20-16(19(31)28(20)17(12)21(32)33)26-18(30)15(27-36-2)14-10-38-23(24)25-14/h8,10-11,16,20H,3-7,9H2,1-2H3,(H3-,24,25,26,30,32,33)/b27-15-/t11?,16-,20-,29?/m1/s1. The van der Waals surface area contributed by atoms with Crippen molar-refractivity contribution >= 4 is 57.7 Å². The normalized spacial score (nSPS) is 28.3. The summed E-state index contributed by atoms with van der Waals surface area (Å²) in [6.07, 6.45) is 3.50. The number of hydrogen-bond acceptors (Lipinski definition) is 12. The van der Waals surface area contributed by atoms with Gasteiger partial charge in [-0.1, -0.05) is 5.16 Å². The maximum atomic E-state index is 13.1. The predicted molar refractivity (Wildman–Crippen MR) is 135 cm³/mol. The van der Waals surface area contributed by atoms with Crippen LogP contribution in [0.2, 0.25) is 0 Å². The van der Waals surface area contributed by atoms with E-state index in [1.54, 1.807) is 0 Å². The Hall–Kier alpha value is -3.43. The summed E-state index contributed by atoms with van der Waals surface area (Å²) in [6.45, 7) is 1.86. The molecule has 0 unspecified atom stereocenters. The molecule has 13 nitrogen and oxygen atoms in total. The van der Waals surface area contributed by atoms with Crippen molar-refractivity contribution in [2.45, 2.75) is 24.3 Å². The van der Waals surface area contributed by atoms with Crippen LogP contribution in [0, 0.1) is 5.92 Å². The quantitative estimate of drug-likeness (QED) is 0.128. The zero-order valence-electron chi connectivity index (χ0n) is 20.7. The lowest BCUT2D eigenvalue weighted by atomic mass is 9.83. The number of carbonyl (C=O) groups excluding carboxylic acids is 4. The first-order chi connectivity index (χ1) is 18.2. The third-order valence-electron chi connectivity index (χ3n) is 7.31. The van der Waals surface area contributed by atoms with Crippen LogP contribution in [-0.2, 0) is 28.8 Å². The molecule has 2 saturated heterocycles. The number of nitrogen functional groups attached to an aromatic ring is 1. The smallest absolute Gasteiger partial charge is 0.339 e. The molecule has 2 amide bonds. The first-order valence-corrected chi connectivity index (χ1v) is 13.8. The van der Waals surface area contributed by atoms with Gasteiger partial charge in [-0.2, -0.15) is 0 Å². The van der Waals surface area contributed by atoms with E-state index >= 15 is 0 Å². The molecule has 0 saturated carbocycles. The maximum absolute atomic E-state index is 13.1. The number of hydrogen-bond donors (Lipinski definition) is 2. The highest BCUT2D eigenvalue weighted by atomic mass is 32.2. The van der Waals surface area contributed by atoms with E-state index < -0.39 is 29.2 Å². The predicted octanol–water partition coefficient (Wildman–Crippen LogP) is -1.22. The molecule has 15 heteroatoms. The third-order valence-corrected chi connectivity index (χ3v) is 9.33. The summed E-state index contributed by atoms with van der Waals surface area (Å²) in [7, 11) is 2.62. The van der Waals surface area contributed by atoms with Crippen LogP contribution >= 0.6 is 23.1 Å². The van der Waals surface area contributed by atoms with Gasteiger partial charge in [-0.25, -0.2) is 9.78 Å². The fourth-order valence-electron chi connectivity index (χ4n) is 5.54. The monoisotopic (exact) mass is 562 g/mol. The summed E-state index contributed by atoms with van der Waals surface area (Å²) in [5.74, 6) is -2.60. The number of methoxy groups -OCH3 is 1. The molecular weight excluding hydrogens is 536 g/mol. The van der Waals surface area contributed by atoms with Gasteiger partial charge in [0.2, 0.25) is 0 Å². The summed E-state index contributed by atoms with van der Waals surface area (Å²) in [5, 5.41) is 19.8. The minimum atomic E-state index is -1.45. The fraction of sp³-hybridized carbons (Fsp3) is 0.478. The molecule has 38 heavy (non-hydrogen) atoms. The van der Waals surface area contributed by atoms with E-state index in [9.17, 15) is 24.3 Å². The number of quaternary nitrogens is 1. The van der Waals surface area contributed by atoms with Crippen LogP contribution in [0.5, 0.6) is 0 Å². The zero-order chi connectivity index (χ0) is 27.2. The van der Waals surface area contributed by atoms with E-state index in [1.807, 2.05) is 6.20 Å². The number of fused-ring (bicyclic) bond motifs is 3. The van der Waals surface area contributed by atoms with Crippen molar-refractivity contribution in [2.24, 2.45) is 11.1 Å². The van der Waals surface area contributed by atoms with Gasteiger partial charge in [-0.15, -0.1) is 23.1 Å². The van der Waals surface area contributed by atoms with Gasteiger partial charge in [-0.05, 0) is 0 Å². The minimum Gasteiger partial charge on any atom is -0.543 e. The third kappa shape index (κ3) is 4.43. The Morgan fingerprint density at radius 1 is 1.32 bits per heavy atom. The van der Waals surface area contributed by atoms with Gasteiger partial charge in [0, 0.05) is 35.5 Å². The highest BCUT2D eigenvalue weighted by Gasteiger charge is 2.54. The second-order valence-corrected chi connectivity index (χ2v) is 11.5. The molecule has 2 bridgehead atoms. The van der Waals surface area contributed by atoms with Gasteiger partial charge in [-0.3, -0.25) is 19.0 Å². The summed E-state index contributed by atoms with van der Waals surface area (Å²) in [4.78, 5) is 60.6. The number of ether oxygens (including phenoxy) is 1. The summed E-state index contributed by atoms with van der Waals surface area (Å²) in [6, 6.07) is -0.968. The molecule has 0 aliphatic carbocycles. The topological polar surface area (TPSA) is 176 Å². The molecule has 0 spiro atoms. The molecule has 6 heterocycles. The van der Waals surface area contributed by atoms with Crippen molar-refractivity contribution in [3.63, 3.8) is 0 Å². The van der Waals surface area contributed by atoms with E-state index in [-0.39, 0.29) is 34.1 Å². The number of aliphatic carboxylic acids is 1. The Kier molecular flexibility index (Phi) is 6.92. The van der Waals surface area contributed by atoms with Crippen molar-refractivity contribution in [2.75, 3.05) is 45.3 Å². The lowest BCUT2D eigenvalue weighted by molar-refractivity contribution is -0.885. The van der Waals surface area contributed by atoms with Crippen molar-refractivity contribution in [1.82, 2.24) is 15.2 Å². The molecule has 6 rings (SSSR count). The zero-order valence-corrected chi connectivity index (χ0v) is 22.3. The summed E-state index contributed by atoms with van der Waals surface area (Å²) < 4.78 is 5.37. The molecular formula is C23H26N6O7S2. The number of oxime groups is 1. The van der Waals surface area contributed by atoms with Crippen molar-refractivity contribution in [3.8, 4) is 0 Å². The molecule has 2 fully saturated rings. The number of β-lactam (4-membered cyclic amide) rings is 1. The number of carbonyl (C=O) groups is 4. The second-order valence-electron chi connectivity index (χ2n) is 9.47. The molecule has 1 aromatic rings. The first-order valence-electron chi connectivity index (χ1n) is 11.9. The number of rotatable bonds is 8. The average molecular weight is 563 g/mol. The van der Waals surface area contributed by atoms with Gasteiger partial charge < -0.3 is 30.5 Å². The Morgan fingerprint density at radius 3 is 2.66 bits per heavy atom. The molecule has 202 valence electrons. The van der Waals surface area contributed by atoms with Crippen LogP contribution in [0.25, 0.3) is 0 Å². The van der Waals surface area contributed by atoms with Gasteiger partial charge >= 0.3 is 5.97 Å². The van der Waals surface area contributed by atoms with Gasteiger partial charge in [0.1, 0.15) is 37.0 Å². The number of carboxylic acid groups (broad SMARTS) is 1. The molecule has 5 aliphatic heterocycles. The molecule has 0 radical (unpaired) electrons. The Bertz CT molecular complexity index is 1300. The SMILES string of the molecule is CO/N=C(\C(=O)N[C@@H]1C(=O)N2C(C(=O)[O-])=C(C[N+]34C=C(C(=O)OC)C(CC3)CC4)CS[C@H]12)c1csc(N)n1. The molecule has 1 aromatic heterocycles. The number of nitrogens with two attached hydrogens (primary N) is 1. The van der Waals surface area contributed by atoms with Crippen LogP contribution in [0.15, 0.2) is 33.6 Å². The van der Waals surface area contributed by atoms with Crippen LogP contribution in [-0.4, -0.2) is 94.9 Å². The number of esters is 1. The number of amides is 2. The van der Waals surface area contributed by atoms with Crippen LogP contribution in [0.4, 0.5) is 5.13 Å². The van der Waals surface area contributed by atoms with Gasteiger partial charge in [0.25, 0.3) is 11.8 Å². The van der Waals surface area contributed by atoms with Gasteiger partial charge in [0.15, 0.2) is 10.8 Å². The lowest BCUT2D eigenvalue weighted by Crippen LogP contribution is -2.72. The van der Waals surface area contributed by atoms with Crippen LogP contribution < -0.4 is 16.2 Å². The van der Waals surface area contributed by atoms with E-state index in [1.165, 1.54) is 36.3 Å². The lowest BCUT2D eigenvalue weighted by Gasteiger charge is -2.52. The number of nitrogens with zero attached hydrogens (tertiary/aromatic N) is 4. The molecule has 3 N–H and O–H groups in total. The molecule has 0 aromatic carbocycles. The number of thiazole rings is 1. The number of carboxylic acids is 1. The fourth-order valence-corrected chi connectivity index (χ4v) is 7.42. The summed E-state index contributed by atoms with van der Waals surface area (Å²) in [5.41, 5.74) is 6.72. The number of anilines is 1. The number of piperidine rings is 1. The molecule has 2 atom stereocenters. The second kappa shape index (κ2) is 10.0. The number of aromatic nitrogens is 1. The summed E-state index contributed by atoms with van der Waals surface area (Å²) >= 11 is 2.48. The Labute approximate surface area is 225 Å². The van der Waals surface area contributed by atoms with Crippen molar-refractivity contribution in [1.29, 1.82) is 0 Å². The van der Waals surface area contributed by atoms with Crippen LogP contribution in [0.1, 0.15) is 18.5 Å². The van der Waals surface area contributed by atoms with Crippen LogP contribution in [0.3, 0.4) is 0 Å². The van der Waals surface area contributed by atoms with E-state index in [0.29, 0.717) is 27.9 Å². The first kappa shape index (κ1) is 26.2. The maximum Gasteiger partial charge on any atom is 0.339 e. The number of nitrogens with one attached hydrogen (secondary N) is 1. The highest BCUT2D eigenvalue weighted by Crippen LogP contribution is 2.43. The van der Waals surface area contributed by atoms with E-state index in [2.05, 4.69) is 15.5 Å². The average Bonchev–Trinajstić information content (AvgIpc) is 3.35. The Morgan fingerprint density at radius 2 is 2.05 bits per heavy atom.